The zero-order chi connectivity index (χ0) is 20.9. The molecule has 3 N–H and O–H groups in total. The second-order valence-electron chi connectivity index (χ2n) is 8.08. The maximum absolute atomic E-state index is 12.4. The van der Waals surface area contributed by atoms with Crippen molar-refractivity contribution in [2.24, 2.45) is 5.92 Å². The Morgan fingerprint density at radius 2 is 2.10 bits per heavy atom. The van der Waals surface area contributed by atoms with E-state index in [1.165, 1.54) is 48.5 Å². The summed E-state index contributed by atoms with van der Waals surface area (Å²) in [6, 6.07) is 9.56. The minimum atomic E-state index is -0.215. The van der Waals surface area contributed by atoms with Gasteiger partial charge >= 0.3 is 0 Å². The van der Waals surface area contributed by atoms with Crippen molar-refractivity contribution in [1.29, 1.82) is 0 Å². The third kappa shape index (κ3) is 4.98. The van der Waals surface area contributed by atoms with Gasteiger partial charge in [-0.3, -0.25) is 4.79 Å². The van der Waals surface area contributed by atoms with Gasteiger partial charge in [0.25, 0.3) is 0 Å². The number of thioether (sulfide) groups is 1. The summed E-state index contributed by atoms with van der Waals surface area (Å²) < 4.78 is 7.36. The van der Waals surface area contributed by atoms with E-state index in [1.807, 2.05) is 37.3 Å². The van der Waals surface area contributed by atoms with Gasteiger partial charge in [0, 0.05) is 11.8 Å². The fourth-order valence-electron chi connectivity index (χ4n) is 4.09. The monoisotopic (exact) mass is 427 g/mol. The van der Waals surface area contributed by atoms with Gasteiger partial charge in [0.05, 0.1) is 11.8 Å². The van der Waals surface area contributed by atoms with Gasteiger partial charge in [-0.15, -0.1) is 10.2 Å². The van der Waals surface area contributed by atoms with Crippen molar-refractivity contribution in [3.63, 3.8) is 0 Å². The number of nitrogens with one attached hydrogen (secondary N) is 1. The summed E-state index contributed by atoms with van der Waals surface area (Å²) in [4.78, 5) is 12.4. The van der Waals surface area contributed by atoms with Crippen LogP contribution in [-0.2, 0) is 11.2 Å². The van der Waals surface area contributed by atoms with E-state index in [0.29, 0.717) is 5.16 Å². The van der Waals surface area contributed by atoms with Gasteiger partial charge in [-0.2, -0.15) is 0 Å². The number of hydrogen-bond donors (Lipinski definition) is 2. The number of nitrogens with two attached hydrogens (primary N) is 1. The molecule has 1 fully saturated rings. The van der Waals surface area contributed by atoms with Crippen LogP contribution in [0.1, 0.15) is 63.1 Å². The Labute approximate surface area is 180 Å². The van der Waals surface area contributed by atoms with Crippen LogP contribution in [0.3, 0.4) is 0 Å². The van der Waals surface area contributed by atoms with Gasteiger partial charge in [0.15, 0.2) is 5.82 Å². The molecule has 2 aromatic heterocycles. The highest BCUT2D eigenvalue weighted by Crippen LogP contribution is 2.28. The molecule has 0 radical (unpaired) electrons. The molecule has 0 saturated heterocycles. The van der Waals surface area contributed by atoms with E-state index >= 15 is 0 Å². The number of aryl methyl sites for hydroxylation is 1. The molecule has 0 spiro atoms. The summed E-state index contributed by atoms with van der Waals surface area (Å²) in [6.45, 7) is 1.91. The number of furan rings is 1. The Hall–Kier alpha value is -2.48. The van der Waals surface area contributed by atoms with Crippen LogP contribution in [0.2, 0.25) is 0 Å². The number of para-hydroxylation sites is 1. The summed E-state index contributed by atoms with van der Waals surface area (Å²) in [7, 11) is 0. The maximum Gasteiger partial charge on any atom is 0.231 e. The van der Waals surface area contributed by atoms with E-state index in [4.69, 9.17) is 10.3 Å². The predicted octanol–water partition coefficient (Wildman–Crippen LogP) is 4.22. The van der Waals surface area contributed by atoms with Gasteiger partial charge in [-0.25, -0.2) is 4.68 Å². The molecule has 8 heteroatoms. The summed E-state index contributed by atoms with van der Waals surface area (Å²) in [5.41, 5.74) is 0.819. The second kappa shape index (κ2) is 9.55. The maximum atomic E-state index is 12.4. The minimum Gasteiger partial charge on any atom is -0.459 e. The average Bonchev–Trinajstić information content (AvgIpc) is 3.35. The zero-order valence-electron chi connectivity index (χ0n) is 17.3. The van der Waals surface area contributed by atoms with Crippen molar-refractivity contribution in [1.82, 2.24) is 20.2 Å². The lowest BCUT2D eigenvalue weighted by Crippen LogP contribution is -2.28. The van der Waals surface area contributed by atoms with E-state index in [1.54, 1.807) is 0 Å². The SMILES string of the molecule is C[C@@H](NC(=O)CSc1nnc(CCC2CCCCC2)n1N)c1cc2ccccc2o1. The van der Waals surface area contributed by atoms with Gasteiger partial charge < -0.3 is 15.6 Å². The largest absolute Gasteiger partial charge is 0.459 e. The van der Waals surface area contributed by atoms with Crippen LogP contribution in [0, 0.1) is 5.92 Å². The molecular weight excluding hydrogens is 398 g/mol. The standard InChI is InChI=1S/C22H29N5O2S/c1-15(19-13-17-9-5-6-10-18(17)29-19)24-21(28)14-30-22-26-25-20(27(22)23)12-11-16-7-3-2-4-8-16/h5-6,9-10,13,15-16H,2-4,7-8,11-12,14,23H2,1H3,(H,24,28)/t15-/m1/s1. The number of amides is 1. The summed E-state index contributed by atoms with van der Waals surface area (Å²) in [5, 5.41) is 13.0. The highest BCUT2D eigenvalue weighted by atomic mass is 32.2. The molecule has 1 aliphatic rings. The van der Waals surface area contributed by atoms with Crippen molar-refractivity contribution >= 4 is 28.6 Å². The van der Waals surface area contributed by atoms with Crippen molar-refractivity contribution < 1.29 is 9.21 Å². The van der Waals surface area contributed by atoms with Crippen LogP contribution in [0.4, 0.5) is 0 Å². The Bertz CT molecular complexity index is 959. The molecule has 1 amide bonds. The van der Waals surface area contributed by atoms with Crippen molar-refractivity contribution in [2.45, 2.75) is 63.1 Å². The average molecular weight is 428 g/mol. The molecule has 4 rings (SSSR count). The summed E-state index contributed by atoms with van der Waals surface area (Å²) >= 11 is 1.30. The predicted molar refractivity (Wildman–Crippen MR) is 119 cm³/mol. The molecule has 7 nitrogen and oxygen atoms in total. The number of benzene rings is 1. The lowest BCUT2D eigenvalue weighted by atomic mass is 9.86. The lowest BCUT2D eigenvalue weighted by molar-refractivity contribution is -0.119. The van der Waals surface area contributed by atoms with E-state index in [9.17, 15) is 4.79 Å². The number of hydrogen-bond acceptors (Lipinski definition) is 6. The third-order valence-electron chi connectivity index (χ3n) is 5.82. The van der Waals surface area contributed by atoms with Gasteiger partial charge in [-0.1, -0.05) is 62.1 Å². The second-order valence-corrected chi connectivity index (χ2v) is 9.02. The lowest BCUT2D eigenvalue weighted by Gasteiger charge is -2.20. The van der Waals surface area contributed by atoms with Crippen molar-refractivity contribution in [2.75, 3.05) is 11.6 Å². The van der Waals surface area contributed by atoms with Gasteiger partial charge in [0.1, 0.15) is 11.3 Å². The van der Waals surface area contributed by atoms with Gasteiger partial charge in [0.2, 0.25) is 11.1 Å². The molecule has 1 atom stereocenters. The quantitative estimate of drug-likeness (QED) is 0.412. The van der Waals surface area contributed by atoms with Crippen LogP contribution in [0.5, 0.6) is 0 Å². The minimum absolute atomic E-state index is 0.0975. The Morgan fingerprint density at radius 1 is 1.30 bits per heavy atom. The summed E-state index contributed by atoms with van der Waals surface area (Å²) in [5.74, 6) is 8.60. The smallest absolute Gasteiger partial charge is 0.231 e. The molecule has 1 saturated carbocycles. The Kier molecular flexibility index (Phi) is 6.62. The number of fused-ring (bicyclic) bond motifs is 1. The molecule has 3 aromatic rings. The number of nitrogens with zero attached hydrogens (tertiary/aromatic N) is 3. The first kappa shape index (κ1) is 20.8. The topological polar surface area (TPSA) is 99.0 Å². The van der Waals surface area contributed by atoms with E-state index in [2.05, 4.69) is 15.5 Å². The molecule has 30 heavy (non-hydrogen) atoms. The molecule has 0 aliphatic heterocycles. The highest BCUT2D eigenvalue weighted by molar-refractivity contribution is 7.99. The van der Waals surface area contributed by atoms with Crippen LogP contribution < -0.4 is 11.2 Å². The van der Waals surface area contributed by atoms with Crippen molar-refractivity contribution in [3.05, 3.63) is 41.9 Å². The molecule has 0 bridgehead atoms. The first-order chi connectivity index (χ1) is 14.6. The van der Waals surface area contributed by atoms with Crippen molar-refractivity contribution in [3.8, 4) is 0 Å². The normalized spacial score (nSPS) is 16.0. The van der Waals surface area contributed by atoms with E-state index in [0.717, 1.165) is 41.3 Å². The third-order valence-corrected chi connectivity index (χ3v) is 6.76. The number of carbonyl (C=O) groups excluding carboxylic acids is 1. The first-order valence-electron chi connectivity index (χ1n) is 10.7. The molecular formula is C22H29N5O2S. The van der Waals surface area contributed by atoms with Crippen LogP contribution >= 0.6 is 11.8 Å². The van der Waals surface area contributed by atoms with Crippen LogP contribution in [0.15, 0.2) is 39.9 Å². The van der Waals surface area contributed by atoms with E-state index < -0.39 is 0 Å². The summed E-state index contributed by atoms with van der Waals surface area (Å²) in [6.07, 6.45) is 8.60. The molecule has 0 unspecified atom stereocenters. The zero-order valence-corrected chi connectivity index (χ0v) is 18.2. The van der Waals surface area contributed by atoms with Gasteiger partial charge in [-0.05, 0) is 31.4 Å². The fourth-order valence-corrected chi connectivity index (χ4v) is 4.77. The number of aromatic nitrogens is 3. The van der Waals surface area contributed by atoms with E-state index in [-0.39, 0.29) is 17.7 Å². The molecule has 1 aliphatic carbocycles. The highest BCUT2D eigenvalue weighted by Gasteiger charge is 2.18. The Balaban J connectivity index is 1.26. The van der Waals surface area contributed by atoms with Crippen LogP contribution in [0.25, 0.3) is 11.0 Å². The fraction of sp³-hybridized carbons (Fsp3) is 0.500. The number of nitrogen functional groups attached to an aromatic ring is 1. The molecule has 1 aromatic carbocycles. The number of rotatable bonds is 8. The van der Waals surface area contributed by atoms with Crippen LogP contribution in [-0.4, -0.2) is 26.5 Å². The molecule has 160 valence electrons. The molecule has 2 heterocycles. The number of carbonyl (C=O) groups is 1. The first-order valence-corrected chi connectivity index (χ1v) is 11.7. The Morgan fingerprint density at radius 3 is 2.90 bits per heavy atom.